The second-order valence-electron chi connectivity index (χ2n) is 4.14. The summed E-state index contributed by atoms with van der Waals surface area (Å²) in [6.45, 7) is 4.64. The fraction of sp³-hybridized carbons (Fsp3) is 0.357. The van der Waals surface area contributed by atoms with Crippen molar-refractivity contribution in [3.05, 3.63) is 42.2 Å². The molecule has 5 nitrogen and oxygen atoms in total. The third kappa shape index (κ3) is 3.72. The number of hydrogen-bond donors (Lipinski definition) is 2. The molecular formula is C14H19N3O2. The van der Waals surface area contributed by atoms with Crippen molar-refractivity contribution >= 4 is 0 Å². The van der Waals surface area contributed by atoms with Crippen LogP contribution in [0, 0.1) is 0 Å². The van der Waals surface area contributed by atoms with E-state index in [4.69, 9.17) is 4.74 Å². The van der Waals surface area contributed by atoms with Gasteiger partial charge in [-0.25, -0.2) is 0 Å². The molecule has 2 N–H and O–H groups in total. The van der Waals surface area contributed by atoms with Crippen LogP contribution in [0.5, 0.6) is 11.5 Å². The van der Waals surface area contributed by atoms with Gasteiger partial charge in [0.1, 0.15) is 0 Å². The minimum absolute atomic E-state index is 0.218. The normalized spacial score (nSPS) is 10.6. The molecule has 0 spiro atoms. The van der Waals surface area contributed by atoms with Gasteiger partial charge in [0.2, 0.25) is 0 Å². The lowest BCUT2D eigenvalue weighted by atomic mass is 10.2. The first kappa shape index (κ1) is 13.4. The van der Waals surface area contributed by atoms with Crippen LogP contribution < -0.4 is 10.1 Å². The SMILES string of the molecule is CCOc1cccc(CNCCn2cccn2)c1O. The average molecular weight is 261 g/mol. The van der Waals surface area contributed by atoms with E-state index in [0.717, 1.165) is 18.7 Å². The number of rotatable bonds is 7. The summed E-state index contributed by atoms with van der Waals surface area (Å²) in [5, 5.41) is 17.4. The Morgan fingerprint density at radius 3 is 3.00 bits per heavy atom. The van der Waals surface area contributed by atoms with E-state index in [1.54, 1.807) is 12.3 Å². The standard InChI is InChI=1S/C14H19N3O2/c1-2-19-13-6-3-5-12(14(13)18)11-15-8-10-17-9-4-7-16-17/h3-7,9,15,18H,2,8,10-11H2,1H3. The summed E-state index contributed by atoms with van der Waals surface area (Å²) in [6.07, 6.45) is 3.69. The zero-order chi connectivity index (χ0) is 13.5. The quantitative estimate of drug-likeness (QED) is 0.746. The Labute approximate surface area is 112 Å². The summed E-state index contributed by atoms with van der Waals surface area (Å²) in [5.41, 5.74) is 0.839. The molecule has 2 rings (SSSR count). The number of benzene rings is 1. The molecular weight excluding hydrogens is 242 g/mol. The lowest BCUT2D eigenvalue weighted by molar-refractivity contribution is 0.316. The molecule has 0 atom stereocenters. The molecule has 0 saturated heterocycles. The van der Waals surface area contributed by atoms with E-state index in [0.29, 0.717) is 18.9 Å². The summed E-state index contributed by atoms with van der Waals surface area (Å²) < 4.78 is 7.22. The number of phenols is 1. The monoisotopic (exact) mass is 261 g/mol. The first-order valence-corrected chi connectivity index (χ1v) is 6.43. The highest BCUT2D eigenvalue weighted by molar-refractivity contribution is 5.45. The van der Waals surface area contributed by atoms with E-state index in [1.165, 1.54) is 0 Å². The summed E-state index contributed by atoms with van der Waals surface area (Å²) in [4.78, 5) is 0. The first-order valence-electron chi connectivity index (χ1n) is 6.43. The van der Waals surface area contributed by atoms with Gasteiger partial charge in [0, 0.05) is 31.0 Å². The Kier molecular flexibility index (Phi) is 4.80. The third-order valence-corrected chi connectivity index (χ3v) is 2.77. The van der Waals surface area contributed by atoms with Crippen LogP contribution in [0.1, 0.15) is 12.5 Å². The molecule has 1 heterocycles. The Morgan fingerprint density at radius 2 is 2.26 bits per heavy atom. The maximum atomic E-state index is 10.0. The number of ether oxygens (including phenoxy) is 1. The Balaban J connectivity index is 1.83. The zero-order valence-electron chi connectivity index (χ0n) is 11.0. The third-order valence-electron chi connectivity index (χ3n) is 2.77. The number of para-hydroxylation sites is 1. The van der Waals surface area contributed by atoms with Gasteiger partial charge in [0.15, 0.2) is 11.5 Å². The van der Waals surface area contributed by atoms with Crippen LogP contribution in [0.4, 0.5) is 0 Å². The Hall–Kier alpha value is -2.01. The summed E-state index contributed by atoms with van der Waals surface area (Å²) in [5.74, 6) is 0.754. The molecule has 1 aromatic heterocycles. The molecule has 0 bridgehead atoms. The maximum absolute atomic E-state index is 10.0. The van der Waals surface area contributed by atoms with E-state index in [-0.39, 0.29) is 5.75 Å². The molecule has 0 aliphatic rings. The van der Waals surface area contributed by atoms with Crippen molar-refractivity contribution in [3.8, 4) is 11.5 Å². The topological polar surface area (TPSA) is 59.3 Å². The number of hydrogen-bond acceptors (Lipinski definition) is 4. The van der Waals surface area contributed by atoms with E-state index in [1.807, 2.05) is 36.0 Å². The van der Waals surface area contributed by atoms with Gasteiger partial charge in [0.25, 0.3) is 0 Å². The highest BCUT2D eigenvalue weighted by Crippen LogP contribution is 2.29. The van der Waals surface area contributed by atoms with Crippen LogP contribution in [0.25, 0.3) is 0 Å². The minimum Gasteiger partial charge on any atom is -0.504 e. The predicted octanol–water partition coefficient (Wildman–Crippen LogP) is 1.78. The lowest BCUT2D eigenvalue weighted by Crippen LogP contribution is -2.19. The molecule has 0 aliphatic carbocycles. The number of phenolic OH excluding ortho intramolecular Hbond substituents is 1. The molecule has 0 fully saturated rings. The fourth-order valence-corrected chi connectivity index (χ4v) is 1.83. The van der Waals surface area contributed by atoms with Crippen molar-refractivity contribution in [2.45, 2.75) is 20.0 Å². The van der Waals surface area contributed by atoms with Crippen molar-refractivity contribution in [1.29, 1.82) is 0 Å². The number of nitrogens with zero attached hydrogens (tertiary/aromatic N) is 2. The predicted molar refractivity (Wildman–Crippen MR) is 73.2 cm³/mol. The van der Waals surface area contributed by atoms with Crippen LogP contribution in [0.3, 0.4) is 0 Å². The Morgan fingerprint density at radius 1 is 1.37 bits per heavy atom. The summed E-state index contributed by atoms with van der Waals surface area (Å²) >= 11 is 0. The average Bonchev–Trinajstić information content (AvgIpc) is 2.92. The van der Waals surface area contributed by atoms with Crippen molar-refractivity contribution < 1.29 is 9.84 Å². The van der Waals surface area contributed by atoms with Crippen LogP contribution in [-0.2, 0) is 13.1 Å². The van der Waals surface area contributed by atoms with Gasteiger partial charge >= 0.3 is 0 Å². The summed E-state index contributed by atoms with van der Waals surface area (Å²) in [7, 11) is 0. The van der Waals surface area contributed by atoms with Gasteiger partial charge in [-0.1, -0.05) is 12.1 Å². The van der Waals surface area contributed by atoms with Gasteiger partial charge in [-0.15, -0.1) is 0 Å². The van der Waals surface area contributed by atoms with E-state index < -0.39 is 0 Å². The first-order chi connectivity index (χ1) is 9.31. The highest BCUT2D eigenvalue weighted by atomic mass is 16.5. The van der Waals surface area contributed by atoms with Crippen LogP contribution >= 0.6 is 0 Å². The van der Waals surface area contributed by atoms with Gasteiger partial charge in [-0.3, -0.25) is 4.68 Å². The van der Waals surface area contributed by atoms with Crippen molar-refractivity contribution in [2.75, 3.05) is 13.2 Å². The number of aromatic hydroxyl groups is 1. The summed E-state index contributed by atoms with van der Waals surface area (Å²) in [6, 6.07) is 7.44. The zero-order valence-corrected chi connectivity index (χ0v) is 11.0. The smallest absolute Gasteiger partial charge is 0.162 e. The van der Waals surface area contributed by atoms with Crippen molar-refractivity contribution in [3.63, 3.8) is 0 Å². The molecule has 0 amide bonds. The second-order valence-corrected chi connectivity index (χ2v) is 4.14. The molecule has 0 radical (unpaired) electrons. The number of nitrogens with one attached hydrogen (secondary N) is 1. The largest absolute Gasteiger partial charge is 0.504 e. The van der Waals surface area contributed by atoms with Gasteiger partial charge < -0.3 is 15.2 Å². The van der Waals surface area contributed by atoms with Crippen molar-refractivity contribution in [1.82, 2.24) is 15.1 Å². The molecule has 0 aliphatic heterocycles. The molecule has 102 valence electrons. The molecule has 2 aromatic rings. The number of aromatic nitrogens is 2. The van der Waals surface area contributed by atoms with E-state index in [9.17, 15) is 5.11 Å². The maximum Gasteiger partial charge on any atom is 0.162 e. The molecule has 1 aromatic carbocycles. The van der Waals surface area contributed by atoms with E-state index in [2.05, 4.69) is 10.4 Å². The highest BCUT2D eigenvalue weighted by Gasteiger charge is 2.06. The van der Waals surface area contributed by atoms with Gasteiger partial charge in [-0.2, -0.15) is 5.10 Å². The second kappa shape index (κ2) is 6.80. The molecule has 0 saturated carbocycles. The van der Waals surface area contributed by atoms with E-state index >= 15 is 0 Å². The van der Waals surface area contributed by atoms with Gasteiger partial charge in [-0.05, 0) is 19.1 Å². The van der Waals surface area contributed by atoms with Crippen LogP contribution in [0.2, 0.25) is 0 Å². The molecule has 19 heavy (non-hydrogen) atoms. The van der Waals surface area contributed by atoms with Crippen LogP contribution in [-0.4, -0.2) is 28.0 Å². The van der Waals surface area contributed by atoms with Crippen molar-refractivity contribution in [2.24, 2.45) is 0 Å². The van der Waals surface area contributed by atoms with Crippen LogP contribution in [0.15, 0.2) is 36.7 Å². The molecule has 5 heteroatoms. The molecule has 0 unspecified atom stereocenters. The lowest BCUT2D eigenvalue weighted by Gasteiger charge is -2.11. The van der Waals surface area contributed by atoms with Gasteiger partial charge in [0.05, 0.1) is 13.2 Å². The fourth-order valence-electron chi connectivity index (χ4n) is 1.83. The Bertz CT molecular complexity index is 497. The minimum atomic E-state index is 0.218.